The Morgan fingerprint density at radius 1 is 0.909 bits per heavy atom. The molecule has 0 aliphatic heterocycles. The highest BCUT2D eigenvalue weighted by Gasteiger charge is 2.34. The summed E-state index contributed by atoms with van der Waals surface area (Å²) in [5, 5.41) is 1.37. The van der Waals surface area contributed by atoms with Crippen molar-refractivity contribution in [1.82, 2.24) is 0 Å². The molecule has 0 nitrogen and oxygen atoms in total. The Balaban J connectivity index is 4.43. The van der Waals surface area contributed by atoms with E-state index in [0.29, 0.717) is 18.6 Å². The first-order valence-corrected chi connectivity index (χ1v) is 14.8. The van der Waals surface area contributed by atoms with Crippen molar-refractivity contribution in [2.45, 2.75) is 51.6 Å². The van der Waals surface area contributed by atoms with Crippen LogP contribution in [0.1, 0.15) is 41.5 Å². The Hall–Kier alpha value is 0.651. The minimum absolute atomic E-state index is 0.389. The molecule has 0 amide bonds. The van der Waals surface area contributed by atoms with Gasteiger partial charge in [-0.25, -0.2) is 0 Å². The fourth-order valence-corrected chi connectivity index (χ4v) is 37.0. The van der Waals surface area contributed by atoms with Crippen LogP contribution in [0.2, 0.25) is 10.1 Å². The second-order valence-corrected chi connectivity index (χ2v) is 23.3. The lowest BCUT2D eigenvalue weighted by molar-refractivity contribution is 0.660. The van der Waals surface area contributed by atoms with Crippen LogP contribution in [-0.2, 0) is 0 Å². The summed E-state index contributed by atoms with van der Waals surface area (Å²) in [5.41, 5.74) is 0. The van der Waals surface area contributed by atoms with E-state index in [1.807, 2.05) is 0 Å². The van der Waals surface area contributed by atoms with Crippen LogP contribution in [0.15, 0.2) is 0 Å². The van der Waals surface area contributed by atoms with Gasteiger partial charge in [-0.3, -0.25) is 0 Å². The molecule has 11 heavy (non-hydrogen) atoms. The zero-order valence-electron chi connectivity index (χ0n) is 9.28. The minimum Gasteiger partial charge on any atom is -0.0631 e. The Morgan fingerprint density at radius 2 is 1.18 bits per heavy atom. The van der Waals surface area contributed by atoms with Crippen molar-refractivity contribution in [3.63, 3.8) is 0 Å². The summed E-state index contributed by atoms with van der Waals surface area (Å²) in [6.07, 6.45) is 0. The number of hydrogen-bond acceptors (Lipinski definition) is 0. The van der Waals surface area contributed by atoms with Gasteiger partial charge in [0.25, 0.3) is 0 Å². The van der Waals surface area contributed by atoms with E-state index >= 15 is 0 Å². The van der Waals surface area contributed by atoms with Crippen LogP contribution in [0.25, 0.3) is 0 Å². The molecule has 0 aliphatic carbocycles. The Bertz CT molecular complexity index is 104. The van der Waals surface area contributed by atoms with Crippen LogP contribution >= 0.6 is 0 Å². The van der Waals surface area contributed by atoms with Gasteiger partial charge in [0.2, 0.25) is 0 Å². The zero-order valence-corrected chi connectivity index (χ0v) is 13.9. The van der Waals surface area contributed by atoms with Gasteiger partial charge >= 0.3 is 0 Å². The van der Waals surface area contributed by atoms with Crippen molar-refractivity contribution in [2.75, 3.05) is 0 Å². The third-order valence-corrected chi connectivity index (χ3v) is 24.6. The van der Waals surface area contributed by atoms with Gasteiger partial charge in [-0.1, -0.05) is 41.5 Å². The molecule has 0 aromatic rings. The SMILES string of the molecule is CC(C)(C)[SiH]([SiH2][SiH3])C(C)(C)C. The largest absolute Gasteiger partial charge is 0.0631 e. The van der Waals surface area contributed by atoms with Gasteiger partial charge in [0, 0.05) is 8.31 Å². The zero-order chi connectivity index (χ0) is 9.28. The van der Waals surface area contributed by atoms with Crippen LogP contribution in [-0.4, -0.2) is 26.6 Å². The van der Waals surface area contributed by atoms with Crippen molar-refractivity contribution in [3.05, 3.63) is 0 Å². The van der Waals surface area contributed by atoms with Crippen molar-refractivity contribution < 1.29 is 0 Å². The maximum atomic E-state index is 2.46. The van der Waals surface area contributed by atoms with Crippen molar-refractivity contribution in [2.24, 2.45) is 0 Å². The average molecular weight is 205 g/mol. The average Bonchev–Trinajstić information content (AvgIpc) is 1.56. The molecule has 0 radical (unpaired) electrons. The van der Waals surface area contributed by atoms with E-state index in [1.54, 1.807) is 0 Å². The summed E-state index contributed by atoms with van der Waals surface area (Å²) in [6.45, 7) is 14.8. The fourth-order valence-electron chi connectivity index (χ4n) is 2.52. The molecule has 68 valence electrons. The van der Waals surface area contributed by atoms with Crippen molar-refractivity contribution in [3.8, 4) is 0 Å². The van der Waals surface area contributed by atoms with E-state index < -0.39 is 0 Å². The summed E-state index contributed by atoms with van der Waals surface area (Å²) in [6, 6.07) is 0. The maximum Gasteiger partial charge on any atom is 0.0325 e. The van der Waals surface area contributed by atoms with Gasteiger partial charge in [-0.15, -0.1) is 0 Å². The van der Waals surface area contributed by atoms with E-state index in [1.165, 1.54) is 9.76 Å². The van der Waals surface area contributed by atoms with Gasteiger partial charge < -0.3 is 0 Å². The molecule has 0 heterocycles. The molecule has 0 atom stereocenters. The first kappa shape index (κ1) is 11.7. The molecule has 0 aromatic heterocycles. The summed E-state index contributed by atoms with van der Waals surface area (Å²) in [5.74, 6) is 0. The standard InChI is InChI=1S/C8H24Si3/c1-7(2,3)11(10-9)8(4,5)6/h11H,10H2,1-6,9H3. The van der Waals surface area contributed by atoms with Crippen LogP contribution in [0.3, 0.4) is 0 Å². The molecular formula is C8H24Si3. The van der Waals surface area contributed by atoms with Gasteiger partial charge in [-0.05, 0) is 28.4 Å². The Labute approximate surface area is 78.6 Å². The van der Waals surface area contributed by atoms with E-state index in [-0.39, 0.29) is 8.31 Å². The van der Waals surface area contributed by atoms with Gasteiger partial charge in [-0.2, -0.15) is 0 Å². The highest BCUT2D eigenvalue weighted by Crippen LogP contribution is 2.40. The summed E-state index contributed by atoms with van der Waals surface area (Å²) in [7, 11) is 1.54. The first-order valence-electron chi connectivity index (χ1n) is 4.69. The van der Waals surface area contributed by atoms with Crippen LogP contribution < -0.4 is 0 Å². The normalized spacial score (nSPS) is 15.5. The molecule has 0 spiro atoms. The predicted molar refractivity (Wildman–Crippen MR) is 65.1 cm³/mol. The van der Waals surface area contributed by atoms with E-state index in [2.05, 4.69) is 41.5 Å². The lowest BCUT2D eigenvalue weighted by atomic mass is 10.2. The van der Waals surface area contributed by atoms with Crippen LogP contribution in [0, 0.1) is 0 Å². The molecule has 0 unspecified atom stereocenters. The number of rotatable bonds is 1. The quantitative estimate of drug-likeness (QED) is 0.554. The maximum absolute atomic E-state index is 2.46. The highest BCUT2D eigenvalue weighted by atomic mass is 29.5. The Kier molecular flexibility index (Phi) is 3.79. The summed E-state index contributed by atoms with van der Waals surface area (Å²) in [4.78, 5) is 0. The monoisotopic (exact) mass is 204 g/mol. The topological polar surface area (TPSA) is 0 Å². The molecule has 3 heteroatoms. The predicted octanol–water partition coefficient (Wildman–Crippen LogP) is 0.760. The van der Waals surface area contributed by atoms with Gasteiger partial charge in [0.1, 0.15) is 0 Å². The van der Waals surface area contributed by atoms with E-state index in [0.717, 1.165) is 0 Å². The molecule has 0 saturated heterocycles. The molecule has 0 bridgehead atoms. The third kappa shape index (κ3) is 3.71. The summed E-state index contributed by atoms with van der Waals surface area (Å²) < 4.78 is 0. The smallest absolute Gasteiger partial charge is 0.0325 e. The van der Waals surface area contributed by atoms with Gasteiger partial charge in [0.15, 0.2) is 0 Å². The van der Waals surface area contributed by atoms with E-state index in [4.69, 9.17) is 0 Å². The molecule has 0 aromatic carbocycles. The van der Waals surface area contributed by atoms with Crippen LogP contribution in [0.5, 0.6) is 0 Å². The second-order valence-electron chi connectivity index (χ2n) is 5.69. The van der Waals surface area contributed by atoms with Crippen LogP contribution in [0.4, 0.5) is 0 Å². The molecule has 0 saturated carbocycles. The highest BCUT2D eigenvalue weighted by molar-refractivity contribution is 7.33. The lowest BCUT2D eigenvalue weighted by Crippen LogP contribution is -2.41. The molecule has 0 rings (SSSR count). The lowest BCUT2D eigenvalue weighted by Gasteiger charge is -2.38. The van der Waals surface area contributed by atoms with E-state index in [9.17, 15) is 0 Å². The summed E-state index contributed by atoms with van der Waals surface area (Å²) >= 11 is 0. The molecule has 0 aliphatic rings. The fraction of sp³-hybridized carbons (Fsp3) is 1.00. The molecule has 0 N–H and O–H groups in total. The molecular weight excluding hydrogens is 180 g/mol. The third-order valence-electron chi connectivity index (χ3n) is 2.50. The second kappa shape index (κ2) is 3.58. The number of hydrogen-bond donors (Lipinski definition) is 0. The van der Waals surface area contributed by atoms with Gasteiger partial charge in [0.05, 0.1) is 0 Å². The minimum atomic E-state index is -0.389. The van der Waals surface area contributed by atoms with Crippen molar-refractivity contribution >= 4 is 26.6 Å². The van der Waals surface area contributed by atoms with Crippen molar-refractivity contribution in [1.29, 1.82) is 0 Å². The Morgan fingerprint density at radius 3 is 1.18 bits per heavy atom. The first-order chi connectivity index (χ1) is 4.69. The molecule has 0 fully saturated rings.